The van der Waals surface area contributed by atoms with Gasteiger partial charge in [-0.15, -0.1) is 12.4 Å². The molecule has 0 bridgehead atoms. The minimum absolute atomic E-state index is 0. The van der Waals surface area contributed by atoms with Crippen molar-refractivity contribution in [2.45, 2.75) is 37.3 Å². The number of benzene rings is 1. The number of aliphatic hydroxyl groups is 1. The summed E-state index contributed by atoms with van der Waals surface area (Å²) < 4.78 is 5.06. The van der Waals surface area contributed by atoms with E-state index < -0.39 is 11.6 Å². The van der Waals surface area contributed by atoms with Crippen molar-refractivity contribution in [2.75, 3.05) is 13.7 Å². The molecule has 21 heavy (non-hydrogen) atoms. The lowest BCUT2D eigenvalue weighted by Gasteiger charge is -2.23. The number of halogens is 1. The van der Waals surface area contributed by atoms with Crippen molar-refractivity contribution in [3.8, 4) is 5.75 Å². The van der Waals surface area contributed by atoms with Gasteiger partial charge in [0.1, 0.15) is 5.75 Å². The van der Waals surface area contributed by atoms with Gasteiger partial charge in [-0.25, -0.2) is 0 Å². The molecular formula is C15H23ClN2O3. The molecule has 1 unspecified atom stereocenters. The average Bonchev–Trinajstić information content (AvgIpc) is 2.92. The Morgan fingerprint density at radius 2 is 1.95 bits per heavy atom. The summed E-state index contributed by atoms with van der Waals surface area (Å²) in [5, 5.41) is 12.8. The summed E-state index contributed by atoms with van der Waals surface area (Å²) in [7, 11) is 1.59. The standard InChI is InChI=1S/C15H22N2O3.ClH/c1-20-12-6-4-11(5-7-12)13(18)10-17-14(19)15(16)8-2-3-9-15;/h4-7,13,18H,2-3,8-10,16H2,1H3,(H,17,19);1H. The number of aliphatic hydroxyl groups excluding tert-OH is 1. The molecule has 0 aromatic heterocycles. The van der Waals surface area contributed by atoms with E-state index in [1.807, 2.05) is 0 Å². The Bertz CT molecular complexity index is 458. The Morgan fingerprint density at radius 1 is 1.38 bits per heavy atom. The quantitative estimate of drug-likeness (QED) is 0.769. The molecule has 0 heterocycles. The number of carbonyl (C=O) groups is 1. The van der Waals surface area contributed by atoms with Gasteiger partial charge in [0, 0.05) is 6.54 Å². The predicted octanol–water partition coefficient (Wildman–Crippen LogP) is 1.54. The molecule has 5 nitrogen and oxygen atoms in total. The average molecular weight is 315 g/mol. The molecule has 0 aliphatic heterocycles. The van der Waals surface area contributed by atoms with Gasteiger partial charge in [0.2, 0.25) is 5.91 Å². The van der Waals surface area contributed by atoms with Crippen LogP contribution in [-0.2, 0) is 4.79 Å². The van der Waals surface area contributed by atoms with Crippen LogP contribution in [0.4, 0.5) is 0 Å². The summed E-state index contributed by atoms with van der Waals surface area (Å²) in [5.74, 6) is 0.569. The van der Waals surface area contributed by atoms with Crippen molar-refractivity contribution < 1.29 is 14.6 Å². The number of hydrogen-bond acceptors (Lipinski definition) is 4. The third-order valence-electron chi connectivity index (χ3n) is 3.90. The normalized spacial score (nSPS) is 17.7. The summed E-state index contributed by atoms with van der Waals surface area (Å²) >= 11 is 0. The van der Waals surface area contributed by atoms with E-state index in [9.17, 15) is 9.90 Å². The maximum absolute atomic E-state index is 12.0. The molecular weight excluding hydrogens is 292 g/mol. The molecule has 1 aromatic carbocycles. The largest absolute Gasteiger partial charge is 0.497 e. The maximum atomic E-state index is 12.0. The van der Waals surface area contributed by atoms with Crippen LogP contribution >= 0.6 is 12.4 Å². The first-order valence-electron chi connectivity index (χ1n) is 6.94. The zero-order valence-electron chi connectivity index (χ0n) is 12.2. The van der Waals surface area contributed by atoms with Crippen LogP contribution in [-0.4, -0.2) is 30.2 Å². The molecule has 0 saturated heterocycles. The van der Waals surface area contributed by atoms with E-state index in [-0.39, 0.29) is 24.9 Å². The Hall–Kier alpha value is -1.30. The topological polar surface area (TPSA) is 84.6 Å². The smallest absolute Gasteiger partial charge is 0.240 e. The SMILES string of the molecule is COc1ccc(C(O)CNC(=O)C2(N)CCCC2)cc1.Cl. The van der Waals surface area contributed by atoms with E-state index in [4.69, 9.17) is 10.5 Å². The lowest BCUT2D eigenvalue weighted by atomic mass is 9.98. The monoisotopic (exact) mass is 314 g/mol. The fraction of sp³-hybridized carbons (Fsp3) is 0.533. The fourth-order valence-electron chi connectivity index (χ4n) is 2.54. The van der Waals surface area contributed by atoms with Gasteiger partial charge < -0.3 is 20.9 Å². The summed E-state index contributed by atoms with van der Waals surface area (Å²) in [5.41, 5.74) is 6.04. The van der Waals surface area contributed by atoms with Crippen molar-refractivity contribution in [3.05, 3.63) is 29.8 Å². The molecule has 1 saturated carbocycles. The Labute approximate surface area is 131 Å². The third-order valence-corrected chi connectivity index (χ3v) is 3.90. The molecule has 0 spiro atoms. The molecule has 1 amide bonds. The molecule has 6 heteroatoms. The van der Waals surface area contributed by atoms with Gasteiger partial charge in [-0.2, -0.15) is 0 Å². The summed E-state index contributed by atoms with van der Waals surface area (Å²) in [4.78, 5) is 12.0. The predicted molar refractivity (Wildman–Crippen MR) is 83.6 cm³/mol. The van der Waals surface area contributed by atoms with Gasteiger partial charge in [-0.05, 0) is 30.5 Å². The number of amides is 1. The molecule has 1 atom stereocenters. The molecule has 118 valence electrons. The van der Waals surface area contributed by atoms with Gasteiger partial charge in [0.25, 0.3) is 0 Å². The van der Waals surface area contributed by atoms with Crippen LogP contribution in [0.3, 0.4) is 0 Å². The molecule has 4 N–H and O–H groups in total. The Balaban J connectivity index is 0.00000220. The number of methoxy groups -OCH3 is 1. The highest BCUT2D eigenvalue weighted by atomic mass is 35.5. The molecule has 1 aliphatic rings. The van der Waals surface area contributed by atoms with Gasteiger partial charge in [0.15, 0.2) is 0 Å². The second-order valence-corrected chi connectivity index (χ2v) is 5.36. The summed E-state index contributed by atoms with van der Waals surface area (Å²) in [6.45, 7) is 0.171. The van der Waals surface area contributed by atoms with Crippen LogP contribution in [0.2, 0.25) is 0 Å². The van der Waals surface area contributed by atoms with E-state index in [1.54, 1.807) is 31.4 Å². The minimum Gasteiger partial charge on any atom is -0.497 e. The zero-order chi connectivity index (χ0) is 14.6. The van der Waals surface area contributed by atoms with E-state index >= 15 is 0 Å². The second-order valence-electron chi connectivity index (χ2n) is 5.36. The summed E-state index contributed by atoms with van der Waals surface area (Å²) in [6, 6.07) is 7.12. The first kappa shape index (κ1) is 17.8. The van der Waals surface area contributed by atoms with Gasteiger partial charge in [-0.1, -0.05) is 25.0 Å². The minimum atomic E-state index is -0.750. The van der Waals surface area contributed by atoms with E-state index in [0.717, 1.165) is 37.0 Å². The van der Waals surface area contributed by atoms with Crippen LogP contribution in [0, 0.1) is 0 Å². The Kier molecular flexibility index (Phi) is 6.45. The highest BCUT2D eigenvalue weighted by Gasteiger charge is 2.36. The molecule has 1 fully saturated rings. The van der Waals surface area contributed by atoms with Crippen LogP contribution < -0.4 is 15.8 Å². The van der Waals surface area contributed by atoms with Crippen LogP contribution in [0.25, 0.3) is 0 Å². The molecule has 1 aliphatic carbocycles. The third kappa shape index (κ3) is 4.33. The maximum Gasteiger partial charge on any atom is 0.240 e. The molecule has 1 aromatic rings. The van der Waals surface area contributed by atoms with Gasteiger partial charge >= 0.3 is 0 Å². The van der Waals surface area contributed by atoms with Gasteiger partial charge in [0.05, 0.1) is 18.8 Å². The van der Waals surface area contributed by atoms with Crippen molar-refractivity contribution in [1.82, 2.24) is 5.32 Å². The number of ether oxygens (including phenoxy) is 1. The van der Waals surface area contributed by atoms with E-state index in [1.165, 1.54) is 0 Å². The fourth-order valence-corrected chi connectivity index (χ4v) is 2.54. The van der Waals surface area contributed by atoms with Crippen molar-refractivity contribution >= 4 is 18.3 Å². The second kappa shape index (κ2) is 7.64. The number of hydrogen-bond donors (Lipinski definition) is 3. The van der Waals surface area contributed by atoms with Crippen molar-refractivity contribution in [1.29, 1.82) is 0 Å². The Morgan fingerprint density at radius 3 is 2.48 bits per heavy atom. The zero-order valence-corrected chi connectivity index (χ0v) is 13.0. The van der Waals surface area contributed by atoms with E-state index in [0.29, 0.717) is 0 Å². The first-order valence-corrected chi connectivity index (χ1v) is 6.94. The van der Waals surface area contributed by atoms with E-state index in [2.05, 4.69) is 5.32 Å². The van der Waals surface area contributed by atoms with Crippen molar-refractivity contribution in [2.24, 2.45) is 5.73 Å². The highest BCUT2D eigenvalue weighted by Crippen LogP contribution is 2.27. The first-order chi connectivity index (χ1) is 9.55. The number of nitrogens with one attached hydrogen (secondary N) is 1. The molecule has 0 radical (unpaired) electrons. The lowest BCUT2D eigenvalue weighted by Crippen LogP contribution is -2.52. The summed E-state index contributed by atoms with van der Waals surface area (Å²) in [6.07, 6.45) is 2.68. The number of nitrogens with two attached hydrogens (primary N) is 1. The lowest BCUT2D eigenvalue weighted by molar-refractivity contribution is -0.126. The van der Waals surface area contributed by atoms with Crippen LogP contribution in [0.5, 0.6) is 5.75 Å². The van der Waals surface area contributed by atoms with Crippen LogP contribution in [0.15, 0.2) is 24.3 Å². The van der Waals surface area contributed by atoms with Crippen LogP contribution in [0.1, 0.15) is 37.4 Å². The number of carbonyl (C=O) groups excluding carboxylic acids is 1. The van der Waals surface area contributed by atoms with Gasteiger partial charge in [-0.3, -0.25) is 4.79 Å². The number of rotatable bonds is 5. The molecule has 2 rings (SSSR count). The highest BCUT2D eigenvalue weighted by molar-refractivity contribution is 5.86. The van der Waals surface area contributed by atoms with Crippen molar-refractivity contribution in [3.63, 3.8) is 0 Å².